The first-order chi connectivity index (χ1) is 5.43. The van der Waals surface area contributed by atoms with Gasteiger partial charge in [0.25, 0.3) is 10.1 Å². The SMILES string of the molecule is Nc1c(Cl)cncc1S(=O)(=O)O. The van der Waals surface area contributed by atoms with Crippen LogP contribution in [0.5, 0.6) is 0 Å². The summed E-state index contributed by atoms with van der Waals surface area (Å²) in [4.78, 5) is 2.98. The van der Waals surface area contributed by atoms with Gasteiger partial charge in [-0.3, -0.25) is 9.54 Å². The zero-order chi connectivity index (χ0) is 9.35. The molecule has 5 nitrogen and oxygen atoms in total. The van der Waals surface area contributed by atoms with Crippen molar-refractivity contribution in [2.75, 3.05) is 5.73 Å². The molecule has 0 aromatic carbocycles. The zero-order valence-electron chi connectivity index (χ0n) is 5.73. The van der Waals surface area contributed by atoms with Gasteiger partial charge in [-0.15, -0.1) is 0 Å². The molecule has 0 unspecified atom stereocenters. The lowest BCUT2D eigenvalue weighted by molar-refractivity contribution is 0.483. The maximum atomic E-state index is 10.6. The minimum absolute atomic E-state index is 0.00914. The Balaban J connectivity index is 3.47. The number of nitrogen functional groups attached to an aromatic ring is 1. The average molecular weight is 209 g/mol. The largest absolute Gasteiger partial charge is 0.396 e. The summed E-state index contributed by atoms with van der Waals surface area (Å²) < 4.78 is 29.8. The molecular weight excluding hydrogens is 204 g/mol. The third-order valence-electron chi connectivity index (χ3n) is 1.18. The Morgan fingerprint density at radius 1 is 1.50 bits per heavy atom. The number of rotatable bonds is 1. The monoisotopic (exact) mass is 208 g/mol. The van der Waals surface area contributed by atoms with Crippen molar-refractivity contribution in [3.05, 3.63) is 17.4 Å². The highest BCUT2D eigenvalue weighted by Gasteiger charge is 2.15. The third kappa shape index (κ3) is 1.66. The first-order valence-electron chi connectivity index (χ1n) is 2.79. The molecule has 0 aliphatic rings. The molecule has 0 bridgehead atoms. The Bertz CT molecular complexity index is 403. The fraction of sp³-hybridized carbons (Fsp3) is 0. The number of anilines is 1. The fourth-order valence-corrected chi connectivity index (χ4v) is 1.43. The molecule has 1 aromatic heterocycles. The summed E-state index contributed by atoms with van der Waals surface area (Å²) in [5.41, 5.74) is 5.06. The molecule has 7 heteroatoms. The summed E-state index contributed by atoms with van der Waals surface area (Å²) in [6, 6.07) is 0. The van der Waals surface area contributed by atoms with Gasteiger partial charge < -0.3 is 5.73 Å². The summed E-state index contributed by atoms with van der Waals surface area (Å²) in [7, 11) is -4.33. The van der Waals surface area contributed by atoms with Crippen LogP contribution in [0.4, 0.5) is 5.69 Å². The molecule has 1 heterocycles. The quantitative estimate of drug-likeness (QED) is 0.658. The molecule has 66 valence electrons. The molecule has 0 spiro atoms. The lowest BCUT2D eigenvalue weighted by Crippen LogP contribution is -2.04. The maximum absolute atomic E-state index is 10.6. The first kappa shape index (κ1) is 9.24. The number of pyridine rings is 1. The van der Waals surface area contributed by atoms with Gasteiger partial charge in [-0.25, -0.2) is 0 Å². The summed E-state index contributed by atoms with van der Waals surface area (Å²) in [5, 5.41) is -0.00914. The molecule has 0 fully saturated rings. The molecule has 0 atom stereocenters. The predicted octanol–water partition coefficient (Wildman–Crippen LogP) is 0.564. The van der Waals surface area contributed by atoms with E-state index in [0.717, 1.165) is 6.20 Å². The first-order valence-corrected chi connectivity index (χ1v) is 4.61. The summed E-state index contributed by atoms with van der Waals surface area (Å²) >= 11 is 5.46. The van der Waals surface area contributed by atoms with E-state index in [1.54, 1.807) is 0 Å². The molecule has 0 saturated heterocycles. The van der Waals surface area contributed by atoms with Gasteiger partial charge in [-0.1, -0.05) is 11.6 Å². The molecule has 0 saturated carbocycles. The Kier molecular flexibility index (Phi) is 2.22. The fourth-order valence-electron chi connectivity index (χ4n) is 0.633. The van der Waals surface area contributed by atoms with Crippen LogP contribution in [0.3, 0.4) is 0 Å². The molecule has 0 amide bonds. The van der Waals surface area contributed by atoms with E-state index in [9.17, 15) is 8.42 Å². The second-order valence-electron chi connectivity index (χ2n) is 2.01. The summed E-state index contributed by atoms with van der Waals surface area (Å²) in [6.45, 7) is 0. The number of nitrogens with zero attached hydrogens (tertiary/aromatic N) is 1. The van der Waals surface area contributed by atoms with Gasteiger partial charge in [0.2, 0.25) is 0 Å². The Morgan fingerprint density at radius 3 is 2.50 bits per heavy atom. The van der Waals surface area contributed by atoms with E-state index < -0.39 is 15.0 Å². The van der Waals surface area contributed by atoms with Crippen molar-refractivity contribution in [1.29, 1.82) is 0 Å². The van der Waals surface area contributed by atoms with Crippen LogP contribution in [0.2, 0.25) is 5.02 Å². The van der Waals surface area contributed by atoms with Gasteiger partial charge >= 0.3 is 0 Å². The van der Waals surface area contributed by atoms with E-state index in [2.05, 4.69) is 4.98 Å². The van der Waals surface area contributed by atoms with Crippen LogP contribution < -0.4 is 5.73 Å². The van der Waals surface area contributed by atoms with Gasteiger partial charge in [-0.2, -0.15) is 8.42 Å². The molecule has 12 heavy (non-hydrogen) atoms. The summed E-state index contributed by atoms with van der Waals surface area (Å²) in [5.74, 6) is 0. The van der Waals surface area contributed by atoms with E-state index in [-0.39, 0.29) is 10.7 Å². The van der Waals surface area contributed by atoms with Crippen LogP contribution in [0, 0.1) is 0 Å². The van der Waals surface area contributed by atoms with Crippen molar-refractivity contribution >= 4 is 27.4 Å². The van der Waals surface area contributed by atoms with E-state index in [0.29, 0.717) is 0 Å². The van der Waals surface area contributed by atoms with Crippen LogP contribution in [0.25, 0.3) is 0 Å². The van der Waals surface area contributed by atoms with E-state index in [1.165, 1.54) is 6.20 Å². The van der Waals surface area contributed by atoms with Crippen LogP contribution in [-0.4, -0.2) is 18.0 Å². The van der Waals surface area contributed by atoms with Crippen LogP contribution in [0.15, 0.2) is 17.3 Å². The van der Waals surface area contributed by atoms with E-state index in [1.807, 2.05) is 0 Å². The van der Waals surface area contributed by atoms with Crippen molar-refractivity contribution in [2.45, 2.75) is 4.90 Å². The Morgan fingerprint density at radius 2 is 2.08 bits per heavy atom. The van der Waals surface area contributed by atoms with Crippen molar-refractivity contribution in [3.63, 3.8) is 0 Å². The van der Waals surface area contributed by atoms with Crippen molar-refractivity contribution in [3.8, 4) is 0 Å². The molecule has 3 N–H and O–H groups in total. The van der Waals surface area contributed by atoms with Crippen LogP contribution in [-0.2, 0) is 10.1 Å². The lowest BCUT2D eigenvalue weighted by atomic mass is 10.4. The molecular formula is C5H5ClN2O3S. The minimum atomic E-state index is -4.33. The highest BCUT2D eigenvalue weighted by Crippen LogP contribution is 2.24. The van der Waals surface area contributed by atoms with Gasteiger partial charge in [0.1, 0.15) is 4.90 Å². The summed E-state index contributed by atoms with van der Waals surface area (Å²) in [6.07, 6.45) is 2.11. The predicted molar refractivity (Wildman–Crippen MR) is 43.5 cm³/mol. The number of halogens is 1. The van der Waals surface area contributed by atoms with E-state index in [4.69, 9.17) is 21.9 Å². The minimum Gasteiger partial charge on any atom is -0.396 e. The molecule has 0 aliphatic heterocycles. The highest BCUT2D eigenvalue weighted by molar-refractivity contribution is 7.86. The molecule has 1 aromatic rings. The van der Waals surface area contributed by atoms with Gasteiger partial charge in [0.05, 0.1) is 16.9 Å². The number of nitrogens with two attached hydrogens (primary N) is 1. The maximum Gasteiger partial charge on any atom is 0.298 e. The number of hydrogen-bond acceptors (Lipinski definition) is 4. The van der Waals surface area contributed by atoms with Crippen molar-refractivity contribution in [1.82, 2.24) is 4.98 Å². The number of hydrogen-bond donors (Lipinski definition) is 2. The van der Waals surface area contributed by atoms with Crippen molar-refractivity contribution < 1.29 is 13.0 Å². The highest BCUT2D eigenvalue weighted by atomic mass is 35.5. The van der Waals surface area contributed by atoms with Crippen LogP contribution >= 0.6 is 11.6 Å². The number of aromatic nitrogens is 1. The average Bonchev–Trinajstić information content (AvgIpc) is 1.92. The molecule has 1 rings (SSSR count). The smallest absolute Gasteiger partial charge is 0.298 e. The zero-order valence-corrected chi connectivity index (χ0v) is 7.30. The van der Waals surface area contributed by atoms with Gasteiger partial charge in [0.15, 0.2) is 0 Å². The van der Waals surface area contributed by atoms with E-state index >= 15 is 0 Å². The second-order valence-corrected chi connectivity index (χ2v) is 3.81. The Hall–Kier alpha value is -0.850. The second kappa shape index (κ2) is 2.89. The normalized spacial score (nSPS) is 11.5. The van der Waals surface area contributed by atoms with Crippen molar-refractivity contribution in [2.24, 2.45) is 0 Å². The Labute approximate surface area is 73.9 Å². The lowest BCUT2D eigenvalue weighted by Gasteiger charge is -2.01. The standard InChI is InChI=1S/C5H5ClN2O3S/c6-3-1-8-2-4(5(3)7)12(9,10)11/h1-2H,(H2,7,8)(H,9,10,11). The van der Waals surface area contributed by atoms with Gasteiger partial charge in [0, 0.05) is 6.20 Å². The third-order valence-corrected chi connectivity index (χ3v) is 2.36. The topological polar surface area (TPSA) is 93.3 Å². The van der Waals surface area contributed by atoms with Gasteiger partial charge in [-0.05, 0) is 0 Å². The molecule has 0 aliphatic carbocycles. The molecule has 0 radical (unpaired) electrons. The van der Waals surface area contributed by atoms with Crippen LogP contribution in [0.1, 0.15) is 0 Å².